The van der Waals surface area contributed by atoms with Crippen molar-refractivity contribution >= 4 is 5.69 Å². The van der Waals surface area contributed by atoms with Gasteiger partial charge in [0.25, 0.3) is 0 Å². The molecule has 0 aliphatic heterocycles. The van der Waals surface area contributed by atoms with Crippen molar-refractivity contribution < 1.29 is 0 Å². The predicted molar refractivity (Wildman–Crippen MR) is 55.1 cm³/mol. The van der Waals surface area contributed by atoms with Crippen molar-refractivity contribution in [2.24, 2.45) is 0 Å². The van der Waals surface area contributed by atoms with Crippen LogP contribution in [0.3, 0.4) is 0 Å². The number of anilines is 1. The minimum atomic E-state index is 1.16. The van der Waals surface area contributed by atoms with E-state index in [-0.39, 0.29) is 0 Å². The highest BCUT2D eigenvalue weighted by Gasteiger charge is 1.77. The molecule has 0 aromatic heterocycles. The lowest BCUT2D eigenvalue weighted by Crippen LogP contribution is -1.84. The fourth-order valence-electron chi connectivity index (χ4n) is 0.605. The van der Waals surface area contributed by atoms with Crippen LogP contribution in [0.25, 0.3) is 0 Å². The number of rotatable bonds is 1. The first-order valence-corrected chi connectivity index (χ1v) is 3.91. The molecule has 1 nitrogen and oxygen atoms in total. The summed E-state index contributed by atoms with van der Waals surface area (Å²) in [7, 11) is 1.91. The lowest BCUT2D eigenvalue weighted by atomic mass is 10.3. The Balaban J connectivity index is 0.000000261. The number of hydrogen-bond donors (Lipinski definition) is 1. The molecule has 1 N–H and O–H groups in total. The molecular weight excluding hydrogens is 146 g/mol. The first-order chi connectivity index (χ1) is 5.85. The molecule has 0 unspecified atom stereocenters. The van der Waals surface area contributed by atoms with Gasteiger partial charge in [-0.15, -0.1) is 11.8 Å². The second kappa shape index (κ2) is 7.68. The number of nitrogens with one attached hydrogen (secondary N) is 1. The molecule has 12 heavy (non-hydrogen) atoms. The van der Waals surface area contributed by atoms with Crippen LogP contribution in [-0.2, 0) is 0 Å². The van der Waals surface area contributed by atoms with Gasteiger partial charge in [0, 0.05) is 12.7 Å². The average Bonchev–Trinajstić information content (AvgIpc) is 2.19. The maximum atomic E-state index is 3.03. The Bertz CT molecular complexity index is 235. The zero-order chi connectivity index (χ0) is 9.23. The zero-order valence-corrected chi connectivity index (χ0v) is 7.89. The van der Waals surface area contributed by atoms with Crippen LogP contribution in [0.1, 0.15) is 13.8 Å². The van der Waals surface area contributed by atoms with Crippen molar-refractivity contribution in [3.63, 3.8) is 0 Å². The first kappa shape index (κ1) is 10.6. The summed E-state index contributed by atoms with van der Waals surface area (Å²) in [6, 6.07) is 10.1. The van der Waals surface area contributed by atoms with Gasteiger partial charge in [0.05, 0.1) is 0 Å². The molecule has 0 heterocycles. The second-order valence-corrected chi connectivity index (χ2v) is 2.12. The summed E-state index contributed by atoms with van der Waals surface area (Å²) in [6.07, 6.45) is 0. The average molecular weight is 161 g/mol. The zero-order valence-electron chi connectivity index (χ0n) is 7.89. The summed E-state index contributed by atoms with van der Waals surface area (Å²) in [4.78, 5) is 0. The summed E-state index contributed by atoms with van der Waals surface area (Å²) < 4.78 is 0. The smallest absolute Gasteiger partial charge is 0.0337 e. The Morgan fingerprint density at radius 1 is 1.00 bits per heavy atom. The number of benzene rings is 1. The standard InChI is InChI=1S/C7H9N.C4H6/c1-8-7-5-3-2-4-6-7;1-3-4-2/h2-6,8H,1H3;1-2H3. The molecule has 0 bridgehead atoms. The lowest BCUT2D eigenvalue weighted by Gasteiger charge is -1.94. The van der Waals surface area contributed by atoms with E-state index in [2.05, 4.69) is 17.2 Å². The van der Waals surface area contributed by atoms with Crippen LogP contribution in [-0.4, -0.2) is 7.05 Å². The lowest BCUT2D eigenvalue weighted by molar-refractivity contribution is 1.51. The van der Waals surface area contributed by atoms with E-state index in [4.69, 9.17) is 0 Å². The normalized spacial score (nSPS) is 6.92. The van der Waals surface area contributed by atoms with Crippen molar-refractivity contribution in [1.82, 2.24) is 0 Å². The molecule has 1 aromatic carbocycles. The minimum absolute atomic E-state index is 1.16. The Labute approximate surface area is 74.8 Å². The fourth-order valence-corrected chi connectivity index (χ4v) is 0.605. The molecule has 0 atom stereocenters. The van der Waals surface area contributed by atoms with Gasteiger partial charge in [-0.05, 0) is 26.0 Å². The molecule has 0 saturated carbocycles. The quantitative estimate of drug-likeness (QED) is 0.624. The van der Waals surface area contributed by atoms with E-state index in [9.17, 15) is 0 Å². The van der Waals surface area contributed by atoms with Crippen LogP contribution in [0.4, 0.5) is 5.69 Å². The van der Waals surface area contributed by atoms with Crippen LogP contribution >= 0.6 is 0 Å². The molecule has 0 saturated heterocycles. The van der Waals surface area contributed by atoms with Gasteiger partial charge >= 0.3 is 0 Å². The third-order valence-corrected chi connectivity index (χ3v) is 1.31. The highest BCUT2D eigenvalue weighted by Crippen LogP contribution is 2.01. The van der Waals surface area contributed by atoms with Gasteiger partial charge in [-0.25, -0.2) is 0 Å². The minimum Gasteiger partial charge on any atom is -0.388 e. The molecule has 1 heteroatoms. The summed E-state index contributed by atoms with van der Waals surface area (Å²) in [6.45, 7) is 3.64. The van der Waals surface area contributed by atoms with Gasteiger partial charge in [-0.3, -0.25) is 0 Å². The van der Waals surface area contributed by atoms with Crippen molar-refractivity contribution in [2.75, 3.05) is 12.4 Å². The summed E-state index contributed by atoms with van der Waals surface area (Å²) in [5, 5.41) is 3.03. The van der Waals surface area contributed by atoms with Gasteiger partial charge in [0.15, 0.2) is 0 Å². The maximum Gasteiger partial charge on any atom is 0.0337 e. The van der Waals surface area contributed by atoms with Gasteiger partial charge in [0.1, 0.15) is 0 Å². The van der Waals surface area contributed by atoms with E-state index in [1.165, 1.54) is 0 Å². The summed E-state index contributed by atoms with van der Waals surface area (Å²) in [5.74, 6) is 5.36. The van der Waals surface area contributed by atoms with Gasteiger partial charge in [0.2, 0.25) is 0 Å². The number of hydrogen-bond acceptors (Lipinski definition) is 1. The summed E-state index contributed by atoms with van der Waals surface area (Å²) >= 11 is 0. The molecule has 0 radical (unpaired) electrons. The van der Waals surface area contributed by atoms with E-state index >= 15 is 0 Å². The first-order valence-electron chi connectivity index (χ1n) is 3.91. The van der Waals surface area contributed by atoms with E-state index in [1.807, 2.05) is 51.2 Å². The maximum absolute atomic E-state index is 3.03. The Morgan fingerprint density at radius 2 is 1.50 bits per heavy atom. The molecule has 0 aliphatic rings. The van der Waals surface area contributed by atoms with E-state index in [1.54, 1.807) is 0 Å². The van der Waals surface area contributed by atoms with Crippen molar-refractivity contribution in [1.29, 1.82) is 0 Å². The van der Waals surface area contributed by atoms with Gasteiger partial charge in [-0.1, -0.05) is 18.2 Å². The third kappa shape index (κ3) is 5.37. The summed E-state index contributed by atoms with van der Waals surface area (Å²) in [5.41, 5.74) is 1.16. The molecule has 0 spiro atoms. The topological polar surface area (TPSA) is 12.0 Å². The van der Waals surface area contributed by atoms with E-state index < -0.39 is 0 Å². The Morgan fingerprint density at radius 3 is 1.75 bits per heavy atom. The van der Waals surface area contributed by atoms with Crippen LogP contribution < -0.4 is 5.32 Å². The third-order valence-electron chi connectivity index (χ3n) is 1.31. The van der Waals surface area contributed by atoms with Crippen molar-refractivity contribution in [3.8, 4) is 11.8 Å². The van der Waals surface area contributed by atoms with E-state index in [0.29, 0.717) is 0 Å². The molecule has 1 aromatic rings. The Kier molecular flexibility index (Phi) is 6.78. The fraction of sp³-hybridized carbons (Fsp3) is 0.273. The van der Waals surface area contributed by atoms with Crippen molar-refractivity contribution in [3.05, 3.63) is 30.3 Å². The van der Waals surface area contributed by atoms with E-state index in [0.717, 1.165) is 5.69 Å². The molecule has 0 amide bonds. The number of para-hydroxylation sites is 1. The SMILES string of the molecule is CC#CC.CNc1ccccc1. The molecule has 64 valence electrons. The van der Waals surface area contributed by atoms with Crippen LogP contribution in [0.5, 0.6) is 0 Å². The Hall–Kier alpha value is -1.42. The van der Waals surface area contributed by atoms with Crippen LogP contribution in [0, 0.1) is 11.8 Å². The predicted octanol–water partition coefficient (Wildman–Crippen LogP) is 2.76. The highest BCUT2D eigenvalue weighted by molar-refractivity contribution is 5.41. The largest absolute Gasteiger partial charge is 0.388 e. The molecule has 1 rings (SSSR count). The monoisotopic (exact) mass is 161 g/mol. The molecule has 0 aliphatic carbocycles. The second-order valence-electron chi connectivity index (χ2n) is 2.12. The molecular formula is C11H15N. The van der Waals surface area contributed by atoms with Crippen LogP contribution in [0.2, 0.25) is 0 Å². The van der Waals surface area contributed by atoms with Crippen molar-refractivity contribution in [2.45, 2.75) is 13.8 Å². The van der Waals surface area contributed by atoms with Gasteiger partial charge in [-0.2, -0.15) is 0 Å². The van der Waals surface area contributed by atoms with Crippen LogP contribution in [0.15, 0.2) is 30.3 Å². The highest BCUT2D eigenvalue weighted by atomic mass is 14.8. The molecule has 0 fully saturated rings. The van der Waals surface area contributed by atoms with Gasteiger partial charge < -0.3 is 5.32 Å².